The topological polar surface area (TPSA) is 78.5 Å². The van der Waals surface area contributed by atoms with Crippen LogP contribution in [0.3, 0.4) is 0 Å². The Bertz CT molecular complexity index is 1150. The molecule has 1 amide bonds. The number of nitrogens with one attached hydrogen (secondary N) is 1. The second-order valence-electron chi connectivity index (χ2n) is 7.85. The van der Waals surface area contributed by atoms with Crippen LogP contribution in [0.2, 0.25) is 5.02 Å². The number of ether oxygens (including phenoxy) is 2. The Labute approximate surface area is 197 Å². The number of aromatic nitrogens is 1. The highest BCUT2D eigenvalue weighted by Crippen LogP contribution is 2.41. The molecule has 0 bridgehead atoms. The van der Waals surface area contributed by atoms with E-state index >= 15 is 0 Å². The van der Waals surface area contributed by atoms with E-state index in [9.17, 15) is 4.79 Å². The molecule has 0 aliphatic carbocycles. The predicted molar refractivity (Wildman–Crippen MR) is 132 cm³/mol. The van der Waals surface area contributed by atoms with Crippen molar-refractivity contribution in [2.45, 2.75) is 25.3 Å². The summed E-state index contributed by atoms with van der Waals surface area (Å²) in [5.41, 5.74) is 10.2. The van der Waals surface area contributed by atoms with E-state index in [1.807, 2.05) is 36.4 Å². The van der Waals surface area contributed by atoms with E-state index in [2.05, 4.69) is 16.1 Å². The Balaban J connectivity index is 1.83. The summed E-state index contributed by atoms with van der Waals surface area (Å²) in [6.07, 6.45) is 4.21. The molecule has 0 saturated carbocycles. The van der Waals surface area contributed by atoms with E-state index in [1.165, 1.54) is 0 Å². The van der Waals surface area contributed by atoms with Gasteiger partial charge in [-0.25, -0.2) is 0 Å². The van der Waals surface area contributed by atoms with Crippen molar-refractivity contribution in [3.63, 3.8) is 0 Å². The number of hydrogen-bond acceptors (Lipinski definition) is 4. The number of methoxy groups -OCH3 is 1. The quantitative estimate of drug-likeness (QED) is 0.478. The summed E-state index contributed by atoms with van der Waals surface area (Å²) in [5.74, 6) is -0.137. The van der Waals surface area contributed by atoms with Crippen molar-refractivity contribution >= 4 is 51.3 Å². The molecule has 168 valence electrons. The van der Waals surface area contributed by atoms with Crippen molar-refractivity contribution in [2.75, 3.05) is 32.2 Å². The second kappa shape index (κ2) is 10.0. The lowest BCUT2D eigenvalue weighted by atomic mass is 10.0. The summed E-state index contributed by atoms with van der Waals surface area (Å²) >= 11 is 12.1. The van der Waals surface area contributed by atoms with Crippen molar-refractivity contribution in [2.24, 2.45) is 5.73 Å². The van der Waals surface area contributed by atoms with Crippen molar-refractivity contribution in [3.05, 3.63) is 53.2 Å². The molecule has 1 aliphatic rings. The van der Waals surface area contributed by atoms with Crippen LogP contribution in [-0.2, 0) is 14.3 Å². The molecule has 4 rings (SSSR count). The van der Waals surface area contributed by atoms with Crippen molar-refractivity contribution in [3.8, 4) is 11.1 Å². The van der Waals surface area contributed by atoms with Gasteiger partial charge in [0.05, 0.1) is 29.3 Å². The van der Waals surface area contributed by atoms with Crippen LogP contribution in [0, 0.1) is 0 Å². The number of anilines is 1. The highest BCUT2D eigenvalue weighted by atomic mass is 35.5. The number of nitrogens with two attached hydrogens (primary N) is 1. The number of halogens is 1. The molecule has 6 nitrogen and oxygen atoms in total. The van der Waals surface area contributed by atoms with Crippen LogP contribution in [-0.4, -0.2) is 42.4 Å². The minimum atomic E-state index is -0.137. The molecular formula is C24H26ClN3O3S. The standard InChI is InChI=1S/C24H26ClN3O3S/c1-30-10-9-21(29)27-20-6-5-18-19(15-3-2-4-16(13-15)24(26)32)14-28(23(18)22(20)25)17-7-11-31-12-8-17/h2-6,13-14,17H,7-12H2,1H3,(H2,26,32)(H,27,29). The molecule has 0 atom stereocenters. The maximum Gasteiger partial charge on any atom is 0.226 e. The smallest absolute Gasteiger partial charge is 0.226 e. The minimum absolute atomic E-state index is 0.137. The summed E-state index contributed by atoms with van der Waals surface area (Å²) in [6.45, 7) is 1.77. The van der Waals surface area contributed by atoms with Gasteiger partial charge in [0, 0.05) is 49.1 Å². The van der Waals surface area contributed by atoms with Crippen LogP contribution in [0.15, 0.2) is 42.6 Å². The van der Waals surface area contributed by atoms with Gasteiger partial charge in [-0.1, -0.05) is 48.1 Å². The second-order valence-corrected chi connectivity index (χ2v) is 8.67. The number of benzene rings is 2. The van der Waals surface area contributed by atoms with Crippen LogP contribution in [0.5, 0.6) is 0 Å². The van der Waals surface area contributed by atoms with E-state index in [4.69, 9.17) is 39.0 Å². The highest BCUT2D eigenvalue weighted by Gasteiger charge is 2.23. The summed E-state index contributed by atoms with van der Waals surface area (Å²) in [4.78, 5) is 12.6. The molecule has 0 unspecified atom stereocenters. The summed E-state index contributed by atoms with van der Waals surface area (Å²) in [5, 5.41) is 4.45. The van der Waals surface area contributed by atoms with Crippen LogP contribution in [0.1, 0.15) is 30.9 Å². The van der Waals surface area contributed by atoms with Crippen LogP contribution >= 0.6 is 23.8 Å². The Morgan fingerprint density at radius 3 is 2.81 bits per heavy atom. The van der Waals surface area contributed by atoms with Crippen molar-refractivity contribution < 1.29 is 14.3 Å². The first-order valence-electron chi connectivity index (χ1n) is 10.6. The molecule has 1 aliphatic heterocycles. The number of fused-ring (bicyclic) bond motifs is 1. The molecule has 3 N–H and O–H groups in total. The number of carbonyl (C=O) groups is 1. The lowest BCUT2D eigenvalue weighted by Crippen LogP contribution is -2.19. The summed E-state index contributed by atoms with van der Waals surface area (Å²) < 4.78 is 12.8. The fourth-order valence-corrected chi connectivity index (χ4v) is 4.57. The van der Waals surface area contributed by atoms with Gasteiger partial charge in [0.1, 0.15) is 4.99 Å². The predicted octanol–water partition coefficient (Wildman–Crippen LogP) is 4.92. The lowest BCUT2D eigenvalue weighted by Gasteiger charge is -2.25. The third-order valence-corrected chi connectivity index (χ3v) is 6.40. The van der Waals surface area contributed by atoms with Crippen molar-refractivity contribution in [1.29, 1.82) is 0 Å². The van der Waals surface area contributed by atoms with E-state index in [1.54, 1.807) is 7.11 Å². The molecule has 1 aromatic heterocycles. The van der Waals surface area contributed by atoms with Gasteiger partial charge in [0.2, 0.25) is 5.91 Å². The zero-order valence-electron chi connectivity index (χ0n) is 17.9. The lowest BCUT2D eigenvalue weighted by molar-refractivity contribution is -0.117. The first kappa shape index (κ1) is 22.7. The number of rotatable bonds is 7. The zero-order chi connectivity index (χ0) is 22.7. The van der Waals surface area contributed by atoms with Gasteiger partial charge >= 0.3 is 0 Å². The minimum Gasteiger partial charge on any atom is -0.389 e. The largest absolute Gasteiger partial charge is 0.389 e. The van der Waals surface area contributed by atoms with E-state index in [0.717, 1.165) is 40.4 Å². The highest BCUT2D eigenvalue weighted by molar-refractivity contribution is 7.80. The normalized spacial score (nSPS) is 14.6. The van der Waals surface area contributed by atoms with Gasteiger partial charge in [0.25, 0.3) is 0 Å². The number of carbonyl (C=O) groups excluding carboxylic acids is 1. The average molecular weight is 472 g/mol. The van der Waals surface area contributed by atoms with Gasteiger partial charge in [-0.15, -0.1) is 0 Å². The maximum atomic E-state index is 12.3. The van der Waals surface area contributed by atoms with Crippen LogP contribution < -0.4 is 11.1 Å². The molecule has 32 heavy (non-hydrogen) atoms. The maximum absolute atomic E-state index is 12.3. The number of nitrogens with zero attached hydrogens (tertiary/aromatic N) is 1. The Morgan fingerprint density at radius 1 is 1.31 bits per heavy atom. The Morgan fingerprint density at radius 2 is 2.09 bits per heavy atom. The van der Waals surface area contributed by atoms with E-state index < -0.39 is 0 Å². The molecule has 0 radical (unpaired) electrons. The number of thiocarbonyl (C=S) groups is 1. The van der Waals surface area contributed by atoms with E-state index in [0.29, 0.717) is 35.5 Å². The van der Waals surface area contributed by atoms with Crippen LogP contribution in [0.25, 0.3) is 22.0 Å². The first-order chi connectivity index (χ1) is 15.5. The molecular weight excluding hydrogens is 446 g/mol. The fraction of sp³-hybridized carbons (Fsp3) is 0.333. The average Bonchev–Trinajstić information content (AvgIpc) is 3.20. The van der Waals surface area contributed by atoms with Gasteiger partial charge in [-0.3, -0.25) is 4.79 Å². The summed E-state index contributed by atoms with van der Waals surface area (Å²) in [7, 11) is 1.57. The third-order valence-electron chi connectivity index (χ3n) is 5.78. The molecule has 1 saturated heterocycles. The van der Waals surface area contributed by atoms with Crippen LogP contribution in [0.4, 0.5) is 5.69 Å². The fourth-order valence-electron chi connectivity index (χ4n) is 4.13. The SMILES string of the molecule is COCCC(=O)Nc1ccc2c(-c3cccc(C(N)=S)c3)cn(C3CCOCC3)c2c1Cl. The number of hydrogen-bond donors (Lipinski definition) is 2. The van der Waals surface area contributed by atoms with E-state index in [-0.39, 0.29) is 18.4 Å². The van der Waals surface area contributed by atoms with Gasteiger partial charge < -0.3 is 25.1 Å². The molecule has 8 heteroatoms. The monoisotopic (exact) mass is 471 g/mol. The summed E-state index contributed by atoms with van der Waals surface area (Å²) in [6, 6.07) is 12.0. The molecule has 2 aromatic carbocycles. The van der Waals surface area contributed by atoms with Gasteiger partial charge in [0.15, 0.2) is 0 Å². The molecule has 0 spiro atoms. The Kier molecular flexibility index (Phi) is 7.10. The van der Waals surface area contributed by atoms with Gasteiger partial charge in [-0.05, 0) is 30.5 Å². The first-order valence-corrected chi connectivity index (χ1v) is 11.4. The molecule has 3 aromatic rings. The molecule has 1 fully saturated rings. The third kappa shape index (κ3) is 4.66. The molecule has 2 heterocycles. The zero-order valence-corrected chi connectivity index (χ0v) is 19.5. The number of amides is 1. The van der Waals surface area contributed by atoms with Gasteiger partial charge in [-0.2, -0.15) is 0 Å². The Hall–Kier alpha value is -2.45. The van der Waals surface area contributed by atoms with Crippen molar-refractivity contribution in [1.82, 2.24) is 4.57 Å².